The van der Waals surface area contributed by atoms with Crippen molar-refractivity contribution in [1.82, 2.24) is 4.72 Å². The summed E-state index contributed by atoms with van der Waals surface area (Å²) >= 11 is 0. The fourth-order valence-electron chi connectivity index (χ4n) is 4.53. The predicted molar refractivity (Wildman–Crippen MR) is 84.5 cm³/mol. The molecule has 3 rings (SSSR count). The zero-order valence-electron chi connectivity index (χ0n) is 13.3. The highest BCUT2D eigenvalue weighted by atomic mass is 32.2. The van der Waals surface area contributed by atoms with Gasteiger partial charge in [-0.15, -0.1) is 0 Å². The van der Waals surface area contributed by atoms with Crippen LogP contribution in [0.15, 0.2) is 29.2 Å². The van der Waals surface area contributed by atoms with Gasteiger partial charge in [-0.1, -0.05) is 20.8 Å². The van der Waals surface area contributed by atoms with Crippen molar-refractivity contribution in [3.05, 3.63) is 29.8 Å². The van der Waals surface area contributed by atoms with E-state index in [1.807, 2.05) is 6.07 Å². The monoisotopic (exact) mass is 318 g/mol. The van der Waals surface area contributed by atoms with E-state index in [2.05, 4.69) is 25.5 Å². The Morgan fingerprint density at radius 3 is 2.36 bits per heavy atom. The summed E-state index contributed by atoms with van der Waals surface area (Å²) < 4.78 is 28.4. The van der Waals surface area contributed by atoms with Gasteiger partial charge in [-0.3, -0.25) is 0 Å². The van der Waals surface area contributed by atoms with Gasteiger partial charge in [0.25, 0.3) is 0 Å². The third-order valence-electron chi connectivity index (χ3n) is 5.84. The number of benzene rings is 1. The second-order valence-corrected chi connectivity index (χ2v) is 9.32. The van der Waals surface area contributed by atoms with Crippen LogP contribution in [0.4, 0.5) is 0 Å². The summed E-state index contributed by atoms with van der Waals surface area (Å²) in [5, 5.41) is 8.82. The van der Waals surface area contributed by atoms with Crippen LogP contribution >= 0.6 is 0 Å². The van der Waals surface area contributed by atoms with Crippen molar-refractivity contribution in [3.63, 3.8) is 0 Å². The quantitative estimate of drug-likeness (QED) is 0.931. The minimum atomic E-state index is -3.56. The van der Waals surface area contributed by atoms with Gasteiger partial charge in [0.2, 0.25) is 10.0 Å². The number of nitriles is 1. The van der Waals surface area contributed by atoms with Crippen molar-refractivity contribution in [2.75, 3.05) is 0 Å². The summed E-state index contributed by atoms with van der Waals surface area (Å²) in [5.74, 6) is 0.589. The maximum atomic E-state index is 12.7. The molecule has 2 fully saturated rings. The molecule has 0 amide bonds. The number of rotatable bonds is 3. The maximum Gasteiger partial charge on any atom is 0.240 e. The number of hydrogen-bond donors (Lipinski definition) is 1. The largest absolute Gasteiger partial charge is 0.240 e. The molecular weight excluding hydrogens is 296 g/mol. The number of nitrogens with one attached hydrogen (secondary N) is 1. The van der Waals surface area contributed by atoms with E-state index in [-0.39, 0.29) is 21.8 Å². The number of sulfonamides is 1. The zero-order valence-corrected chi connectivity index (χ0v) is 14.1. The van der Waals surface area contributed by atoms with E-state index in [0.29, 0.717) is 11.5 Å². The molecule has 3 atom stereocenters. The molecule has 0 aromatic heterocycles. The normalized spacial score (nSPS) is 32.8. The molecule has 2 aliphatic carbocycles. The van der Waals surface area contributed by atoms with Crippen LogP contribution in [0.25, 0.3) is 0 Å². The fraction of sp³-hybridized carbons (Fsp3) is 0.588. The Morgan fingerprint density at radius 2 is 1.86 bits per heavy atom. The van der Waals surface area contributed by atoms with Gasteiger partial charge >= 0.3 is 0 Å². The highest BCUT2D eigenvalue weighted by Crippen LogP contribution is 2.62. The van der Waals surface area contributed by atoms with Crippen LogP contribution in [-0.2, 0) is 10.0 Å². The van der Waals surface area contributed by atoms with Crippen molar-refractivity contribution in [2.24, 2.45) is 16.7 Å². The van der Waals surface area contributed by atoms with Gasteiger partial charge in [0.15, 0.2) is 0 Å². The van der Waals surface area contributed by atoms with Crippen molar-refractivity contribution in [2.45, 2.75) is 51.0 Å². The van der Waals surface area contributed by atoms with Gasteiger partial charge in [0.05, 0.1) is 16.5 Å². The minimum absolute atomic E-state index is 0.0212. The minimum Gasteiger partial charge on any atom is -0.207 e. The molecule has 1 N–H and O–H groups in total. The molecule has 0 radical (unpaired) electrons. The van der Waals surface area contributed by atoms with Gasteiger partial charge in [0.1, 0.15) is 0 Å². The van der Waals surface area contributed by atoms with Crippen LogP contribution in [0, 0.1) is 28.1 Å². The lowest BCUT2D eigenvalue weighted by Crippen LogP contribution is -2.52. The summed E-state index contributed by atoms with van der Waals surface area (Å²) in [7, 11) is -3.56. The van der Waals surface area contributed by atoms with Crippen molar-refractivity contribution >= 4 is 10.0 Å². The van der Waals surface area contributed by atoms with Crippen LogP contribution in [-0.4, -0.2) is 14.5 Å². The summed E-state index contributed by atoms with van der Waals surface area (Å²) in [4.78, 5) is 0.230. The zero-order chi connectivity index (χ0) is 16.2. The SMILES string of the molecule is CC1(C)[C@@H]2CC[C@@](C)(C2)[C@@H]1NS(=O)(=O)c1ccc(C#N)cc1. The molecule has 0 spiro atoms. The molecule has 0 aliphatic heterocycles. The van der Waals surface area contributed by atoms with E-state index in [9.17, 15) is 8.42 Å². The Balaban J connectivity index is 1.90. The molecule has 22 heavy (non-hydrogen) atoms. The number of fused-ring (bicyclic) bond motifs is 2. The number of nitrogens with zero attached hydrogens (tertiary/aromatic N) is 1. The molecule has 5 heteroatoms. The third kappa shape index (κ3) is 2.26. The van der Waals surface area contributed by atoms with Crippen LogP contribution in [0.5, 0.6) is 0 Å². The molecule has 0 unspecified atom stereocenters. The third-order valence-corrected chi connectivity index (χ3v) is 7.28. The molecule has 1 aromatic carbocycles. The first-order valence-electron chi connectivity index (χ1n) is 7.71. The first-order chi connectivity index (χ1) is 10.2. The van der Waals surface area contributed by atoms with Gasteiger partial charge in [-0.25, -0.2) is 13.1 Å². The molecule has 4 nitrogen and oxygen atoms in total. The maximum absolute atomic E-state index is 12.7. The highest BCUT2D eigenvalue weighted by molar-refractivity contribution is 7.89. The second kappa shape index (κ2) is 4.81. The molecule has 1 aromatic rings. The Labute approximate surface area is 132 Å². The van der Waals surface area contributed by atoms with E-state index in [4.69, 9.17) is 5.26 Å². The summed E-state index contributed by atoms with van der Waals surface area (Å²) in [6.07, 6.45) is 3.38. The molecular formula is C17H22N2O2S. The average molecular weight is 318 g/mol. The van der Waals surface area contributed by atoms with Crippen LogP contribution in [0.3, 0.4) is 0 Å². The predicted octanol–water partition coefficient (Wildman–Crippen LogP) is 3.05. The van der Waals surface area contributed by atoms with Crippen molar-refractivity contribution in [1.29, 1.82) is 5.26 Å². The topological polar surface area (TPSA) is 70.0 Å². The van der Waals surface area contributed by atoms with Gasteiger partial charge in [-0.2, -0.15) is 5.26 Å². The smallest absolute Gasteiger partial charge is 0.207 e. The fourth-order valence-corrected chi connectivity index (χ4v) is 6.06. The first-order valence-corrected chi connectivity index (χ1v) is 9.20. The standard InChI is InChI=1S/C17H22N2O2S/c1-16(2)13-8-9-17(3,10-13)15(16)19-22(20,21)14-6-4-12(11-18)5-7-14/h4-7,13,15,19H,8-10H2,1-3H3/t13-,15-,17+/m1/s1. The van der Waals surface area contributed by atoms with Crippen LogP contribution in [0.2, 0.25) is 0 Å². The highest BCUT2D eigenvalue weighted by Gasteiger charge is 2.60. The lowest BCUT2D eigenvalue weighted by molar-refractivity contribution is 0.127. The summed E-state index contributed by atoms with van der Waals surface area (Å²) in [6, 6.07) is 8.06. The van der Waals surface area contributed by atoms with Crippen molar-refractivity contribution in [3.8, 4) is 6.07 Å². The Kier molecular flexibility index (Phi) is 3.39. The van der Waals surface area contributed by atoms with Gasteiger partial charge in [0, 0.05) is 6.04 Å². The van der Waals surface area contributed by atoms with Crippen LogP contribution in [0.1, 0.15) is 45.6 Å². The van der Waals surface area contributed by atoms with E-state index < -0.39 is 10.0 Å². The Bertz CT molecular complexity index is 726. The summed E-state index contributed by atoms with van der Waals surface area (Å²) in [5.41, 5.74) is 0.492. The first kappa shape index (κ1) is 15.5. The van der Waals surface area contributed by atoms with E-state index in [1.54, 1.807) is 12.1 Å². The molecule has 0 heterocycles. The van der Waals surface area contributed by atoms with E-state index in [0.717, 1.165) is 12.8 Å². The van der Waals surface area contributed by atoms with Gasteiger partial charge in [-0.05, 0) is 60.3 Å². The average Bonchev–Trinajstić information content (AvgIpc) is 2.95. The molecule has 2 bridgehead atoms. The lowest BCUT2D eigenvalue weighted by atomic mass is 9.69. The number of hydrogen-bond acceptors (Lipinski definition) is 3. The van der Waals surface area contributed by atoms with E-state index >= 15 is 0 Å². The van der Waals surface area contributed by atoms with Crippen molar-refractivity contribution < 1.29 is 8.42 Å². The van der Waals surface area contributed by atoms with Crippen LogP contribution < -0.4 is 4.72 Å². The molecule has 0 saturated heterocycles. The molecule has 118 valence electrons. The molecule has 2 aliphatic rings. The second-order valence-electron chi connectivity index (χ2n) is 7.61. The summed E-state index contributed by atoms with van der Waals surface area (Å²) in [6.45, 7) is 6.55. The molecule has 2 saturated carbocycles. The lowest BCUT2D eigenvalue weighted by Gasteiger charge is -2.42. The van der Waals surface area contributed by atoms with Gasteiger partial charge < -0.3 is 0 Å². The van der Waals surface area contributed by atoms with E-state index in [1.165, 1.54) is 18.6 Å². The Hall–Kier alpha value is -1.38. The Morgan fingerprint density at radius 1 is 1.23 bits per heavy atom.